The molecule has 0 aliphatic carbocycles. The average molecular weight is 215 g/mol. The molecular formula is C13H13NO2. The summed E-state index contributed by atoms with van der Waals surface area (Å²) in [4.78, 5) is 4.63. The van der Waals surface area contributed by atoms with Crippen molar-refractivity contribution in [2.75, 3.05) is 0 Å². The highest BCUT2D eigenvalue weighted by Crippen LogP contribution is 2.25. The van der Waals surface area contributed by atoms with Gasteiger partial charge in [-0.3, -0.25) is 4.84 Å². The zero-order chi connectivity index (χ0) is 11.2. The molecular weight excluding hydrogens is 202 g/mol. The molecule has 0 unspecified atom stereocenters. The molecule has 0 atom stereocenters. The lowest BCUT2D eigenvalue weighted by Gasteiger charge is -2.09. The second-order valence-corrected chi connectivity index (χ2v) is 3.33. The van der Waals surface area contributed by atoms with Crippen molar-refractivity contribution in [2.24, 2.45) is 5.90 Å². The fraction of sp³-hybridized carbons (Fsp3) is 0.0769. The summed E-state index contributed by atoms with van der Waals surface area (Å²) in [6.45, 7) is 0.336. The van der Waals surface area contributed by atoms with Crippen molar-refractivity contribution in [3.8, 4) is 11.5 Å². The predicted molar refractivity (Wildman–Crippen MR) is 61.9 cm³/mol. The summed E-state index contributed by atoms with van der Waals surface area (Å²) in [6, 6.07) is 17.3. The summed E-state index contributed by atoms with van der Waals surface area (Å²) in [6.07, 6.45) is 0. The molecule has 2 aromatic carbocycles. The van der Waals surface area contributed by atoms with E-state index in [0.29, 0.717) is 6.61 Å². The SMILES string of the molecule is NOCc1ccccc1Oc1ccccc1. The van der Waals surface area contributed by atoms with E-state index >= 15 is 0 Å². The third kappa shape index (κ3) is 2.59. The summed E-state index contributed by atoms with van der Waals surface area (Å²) in [5, 5.41) is 0. The number of benzene rings is 2. The van der Waals surface area contributed by atoms with E-state index in [4.69, 9.17) is 10.6 Å². The quantitative estimate of drug-likeness (QED) is 0.797. The van der Waals surface area contributed by atoms with Crippen LogP contribution in [0.1, 0.15) is 5.56 Å². The summed E-state index contributed by atoms with van der Waals surface area (Å²) in [5.41, 5.74) is 0.925. The molecule has 2 N–H and O–H groups in total. The van der Waals surface area contributed by atoms with Gasteiger partial charge in [0.05, 0.1) is 6.61 Å². The molecule has 16 heavy (non-hydrogen) atoms. The van der Waals surface area contributed by atoms with E-state index in [2.05, 4.69) is 4.84 Å². The van der Waals surface area contributed by atoms with Gasteiger partial charge in [-0.25, -0.2) is 5.90 Å². The molecule has 2 aromatic rings. The van der Waals surface area contributed by atoms with E-state index in [1.165, 1.54) is 0 Å². The Morgan fingerprint density at radius 2 is 1.56 bits per heavy atom. The van der Waals surface area contributed by atoms with E-state index in [1.807, 2.05) is 54.6 Å². The highest BCUT2D eigenvalue weighted by molar-refractivity contribution is 5.37. The molecule has 0 saturated heterocycles. The molecule has 0 amide bonds. The van der Waals surface area contributed by atoms with E-state index in [1.54, 1.807) is 0 Å². The topological polar surface area (TPSA) is 44.5 Å². The van der Waals surface area contributed by atoms with Crippen LogP contribution in [0.3, 0.4) is 0 Å². The van der Waals surface area contributed by atoms with Gasteiger partial charge >= 0.3 is 0 Å². The summed E-state index contributed by atoms with van der Waals surface area (Å²) in [7, 11) is 0. The van der Waals surface area contributed by atoms with Crippen molar-refractivity contribution in [3.63, 3.8) is 0 Å². The fourth-order valence-electron chi connectivity index (χ4n) is 1.43. The zero-order valence-corrected chi connectivity index (χ0v) is 8.80. The second kappa shape index (κ2) is 5.30. The highest BCUT2D eigenvalue weighted by atomic mass is 16.6. The lowest BCUT2D eigenvalue weighted by molar-refractivity contribution is 0.122. The Morgan fingerprint density at radius 1 is 0.875 bits per heavy atom. The Morgan fingerprint density at radius 3 is 2.31 bits per heavy atom. The van der Waals surface area contributed by atoms with Gasteiger partial charge in [-0.05, 0) is 18.2 Å². The Bertz CT molecular complexity index is 443. The van der Waals surface area contributed by atoms with Crippen LogP contribution in [0, 0.1) is 0 Å². The lowest BCUT2D eigenvalue weighted by Crippen LogP contribution is -2.00. The van der Waals surface area contributed by atoms with Crippen LogP contribution in [0.15, 0.2) is 54.6 Å². The Labute approximate surface area is 94.4 Å². The van der Waals surface area contributed by atoms with Gasteiger partial charge in [-0.2, -0.15) is 0 Å². The molecule has 0 heterocycles. The van der Waals surface area contributed by atoms with Gasteiger partial charge < -0.3 is 4.74 Å². The molecule has 0 aliphatic heterocycles. The largest absolute Gasteiger partial charge is 0.457 e. The van der Waals surface area contributed by atoms with Crippen LogP contribution < -0.4 is 10.6 Å². The zero-order valence-electron chi connectivity index (χ0n) is 8.80. The third-order valence-corrected chi connectivity index (χ3v) is 2.18. The second-order valence-electron chi connectivity index (χ2n) is 3.33. The van der Waals surface area contributed by atoms with E-state index < -0.39 is 0 Å². The average Bonchev–Trinajstić information content (AvgIpc) is 2.33. The number of nitrogens with two attached hydrogens (primary N) is 1. The van der Waals surface area contributed by atoms with E-state index in [9.17, 15) is 0 Å². The minimum atomic E-state index is 0.336. The van der Waals surface area contributed by atoms with Crippen molar-refractivity contribution < 1.29 is 9.57 Å². The van der Waals surface area contributed by atoms with Crippen LogP contribution in [-0.2, 0) is 11.4 Å². The molecule has 2 rings (SSSR count). The first-order valence-electron chi connectivity index (χ1n) is 5.02. The molecule has 0 aliphatic rings. The Kier molecular flexibility index (Phi) is 3.53. The first-order chi connectivity index (χ1) is 7.90. The van der Waals surface area contributed by atoms with E-state index in [-0.39, 0.29) is 0 Å². The summed E-state index contributed by atoms with van der Waals surface area (Å²) < 4.78 is 5.73. The normalized spacial score (nSPS) is 10.1. The molecule has 3 nitrogen and oxygen atoms in total. The first kappa shape index (κ1) is 10.7. The van der Waals surface area contributed by atoms with Crippen molar-refractivity contribution in [1.82, 2.24) is 0 Å². The third-order valence-electron chi connectivity index (χ3n) is 2.18. The minimum Gasteiger partial charge on any atom is -0.457 e. The van der Waals surface area contributed by atoms with Crippen molar-refractivity contribution in [2.45, 2.75) is 6.61 Å². The van der Waals surface area contributed by atoms with Gasteiger partial charge in [-0.15, -0.1) is 0 Å². The predicted octanol–water partition coefficient (Wildman–Crippen LogP) is 2.87. The lowest BCUT2D eigenvalue weighted by atomic mass is 10.2. The van der Waals surface area contributed by atoms with Crippen LogP contribution in [0.4, 0.5) is 0 Å². The molecule has 0 bridgehead atoms. The van der Waals surface area contributed by atoms with Gasteiger partial charge in [0.25, 0.3) is 0 Å². The number of ether oxygens (including phenoxy) is 1. The molecule has 0 aromatic heterocycles. The van der Waals surface area contributed by atoms with E-state index in [0.717, 1.165) is 17.1 Å². The maximum absolute atomic E-state index is 5.73. The Hall–Kier alpha value is -1.84. The molecule has 0 radical (unpaired) electrons. The smallest absolute Gasteiger partial charge is 0.133 e. The summed E-state index contributed by atoms with van der Waals surface area (Å²) >= 11 is 0. The van der Waals surface area contributed by atoms with Gasteiger partial charge in [-0.1, -0.05) is 36.4 Å². The van der Waals surface area contributed by atoms with Crippen molar-refractivity contribution >= 4 is 0 Å². The number of rotatable bonds is 4. The van der Waals surface area contributed by atoms with Crippen molar-refractivity contribution in [3.05, 3.63) is 60.2 Å². The van der Waals surface area contributed by atoms with Gasteiger partial charge in [0.2, 0.25) is 0 Å². The van der Waals surface area contributed by atoms with Crippen molar-refractivity contribution in [1.29, 1.82) is 0 Å². The minimum absolute atomic E-state index is 0.336. The Balaban J connectivity index is 2.21. The maximum atomic E-state index is 5.73. The van der Waals surface area contributed by atoms with Crippen LogP contribution in [-0.4, -0.2) is 0 Å². The standard InChI is InChI=1S/C13H13NO2/c14-15-10-11-6-4-5-9-13(11)16-12-7-2-1-3-8-12/h1-9H,10,14H2. The number of hydrogen-bond donors (Lipinski definition) is 1. The maximum Gasteiger partial charge on any atom is 0.133 e. The molecule has 82 valence electrons. The van der Waals surface area contributed by atoms with Crippen LogP contribution >= 0.6 is 0 Å². The van der Waals surface area contributed by atoms with Crippen LogP contribution in [0.5, 0.6) is 11.5 Å². The van der Waals surface area contributed by atoms with Crippen LogP contribution in [0.25, 0.3) is 0 Å². The van der Waals surface area contributed by atoms with Gasteiger partial charge in [0.1, 0.15) is 11.5 Å². The molecule has 0 spiro atoms. The number of hydrogen-bond acceptors (Lipinski definition) is 3. The first-order valence-corrected chi connectivity index (χ1v) is 5.02. The molecule has 0 saturated carbocycles. The summed E-state index contributed by atoms with van der Waals surface area (Å²) in [5.74, 6) is 6.63. The van der Waals surface area contributed by atoms with Crippen LogP contribution in [0.2, 0.25) is 0 Å². The van der Waals surface area contributed by atoms with Gasteiger partial charge in [0, 0.05) is 5.56 Å². The molecule has 0 fully saturated rings. The fourth-order valence-corrected chi connectivity index (χ4v) is 1.43. The van der Waals surface area contributed by atoms with Gasteiger partial charge in [0.15, 0.2) is 0 Å². The monoisotopic (exact) mass is 215 g/mol. The number of para-hydroxylation sites is 2. The molecule has 3 heteroatoms. The highest BCUT2D eigenvalue weighted by Gasteiger charge is 2.03.